The molecular weight excluding hydrogens is 184 g/mol. The van der Waals surface area contributed by atoms with E-state index in [4.69, 9.17) is 4.42 Å². The van der Waals surface area contributed by atoms with Crippen molar-refractivity contribution in [2.24, 2.45) is 0 Å². The molecule has 2 bridgehead atoms. The quantitative estimate of drug-likeness (QED) is 0.568. The summed E-state index contributed by atoms with van der Waals surface area (Å²) in [6.07, 6.45) is 1.83. The summed E-state index contributed by atoms with van der Waals surface area (Å²) in [4.78, 5) is 0. The summed E-state index contributed by atoms with van der Waals surface area (Å²) >= 11 is 0. The lowest BCUT2D eigenvalue weighted by atomic mass is 10.2. The van der Waals surface area contributed by atoms with Gasteiger partial charge in [-0.2, -0.15) is 0 Å². The van der Waals surface area contributed by atoms with E-state index in [1.165, 1.54) is 5.56 Å². The van der Waals surface area contributed by atoms with Gasteiger partial charge in [-0.3, -0.25) is 0 Å². The maximum atomic E-state index is 5.08. The summed E-state index contributed by atoms with van der Waals surface area (Å²) < 4.78 is 5.08. The fraction of sp³-hybridized carbons (Fsp3) is 0. The largest absolute Gasteiger partial charge is 0.457 e. The first-order chi connectivity index (χ1) is 7.38. The van der Waals surface area contributed by atoms with Gasteiger partial charge in [-0.05, 0) is 29.8 Å². The van der Waals surface area contributed by atoms with Crippen LogP contribution >= 0.6 is 0 Å². The summed E-state index contributed by atoms with van der Waals surface area (Å²) in [5.41, 5.74) is 3.11. The second-order valence-corrected chi connectivity index (χ2v) is 3.19. The molecule has 0 radical (unpaired) electrons. The maximum Gasteiger partial charge on any atom is 0.127 e. The van der Waals surface area contributed by atoms with Crippen LogP contribution in [0.25, 0.3) is 17.2 Å². The number of hydrogen-bond donors (Lipinski definition) is 0. The van der Waals surface area contributed by atoms with Crippen molar-refractivity contribution in [1.29, 1.82) is 0 Å². The molecule has 15 heavy (non-hydrogen) atoms. The normalized spacial score (nSPS) is 9.60. The Bertz CT molecular complexity index is 462. The Morgan fingerprint density at radius 1 is 0.800 bits per heavy atom. The van der Waals surface area contributed by atoms with Crippen LogP contribution in [-0.4, -0.2) is 0 Å². The van der Waals surface area contributed by atoms with E-state index in [1.807, 2.05) is 60.7 Å². The van der Waals surface area contributed by atoms with Gasteiger partial charge in [-0.15, -0.1) is 0 Å². The SMILES string of the molecule is C=Cc1ccccc1.c1cc2ccc1o2. The fourth-order valence-electron chi connectivity index (χ4n) is 1.30. The van der Waals surface area contributed by atoms with Crippen LogP contribution in [0.2, 0.25) is 0 Å². The lowest BCUT2D eigenvalue weighted by Crippen LogP contribution is -1.63. The van der Waals surface area contributed by atoms with E-state index >= 15 is 0 Å². The average Bonchev–Trinajstić information content (AvgIpc) is 2.95. The minimum absolute atomic E-state index is 0.968. The summed E-state index contributed by atoms with van der Waals surface area (Å²) in [5.74, 6) is 0. The standard InChI is InChI=1S/C8H8.C6H4O/c1-2-8-6-4-3-5-7-8;1-2-6-4-3-5(1)7-6/h2-7H,1H2;1-4H. The van der Waals surface area contributed by atoms with Gasteiger partial charge in [-0.25, -0.2) is 0 Å². The van der Waals surface area contributed by atoms with Gasteiger partial charge >= 0.3 is 0 Å². The summed E-state index contributed by atoms with van der Waals surface area (Å²) in [6.45, 7) is 3.63. The monoisotopic (exact) mass is 196 g/mol. The van der Waals surface area contributed by atoms with Gasteiger partial charge in [0.25, 0.3) is 0 Å². The molecule has 2 heterocycles. The van der Waals surface area contributed by atoms with Gasteiger partial charge in [0.15, 0.2) is 0 Å². The van der Waals surface area contributed by atoms with Crippen LogP contribution in [0.3, 0.4) is 0 Å². The summed E-state index contributed by atoms with van der Waals surface area (Å²) in [7, 11) is 0. The molecule has 1 aromatic carbocycles. The third-order valence-corrected chi connectivity index (χ3v) is 2.09. The molecule has 0 amide bonds. The third kappa shape index (κ3) is 2.47. The zero-order valence-electron chi connectivity index (χ0n) is 8.39. The van der Waals surface area contributed by atoms with Gasteiger partial charge in [-0.1, -0.05) is 43.0 Å². The van der Waals surface area contributed by atoms with E-state index in [9.17, 15) is 0 Å². The molecule has 0 atom stereocenters. The lowest BCUT2D eigenvalue weighted by Gasteiger charge is -1.85. The zero-order chi connectivity index (χ0) is 10.5. The van der Waals surface area contributed by atoms with E-state index in [0.717, 1.165) is 11.2 Å². The minimum Gasteiger partial charge on any atom is -0.457 e. The molecule has 0 saturated heterocycles. The van der Waals surface area contributed by atoms with Crippen molar-refractivity contribution in [1.82, 2.24) is 0 Å². The Balaban J connectivity index is 0.000000114. The Morgan fingerprint density at radius 3 is 1.60 bits per heavy atom. The van der Waals surface area contributed by atoms with Gasteiger partial charge in [0.05, 0.1) is 0 Å². The van der Waals surface area contributed by atoms with E-state index < -0.39 is 0 Å². The van der Waals surface area contributed by atoms with Crippen molar-refractivity contribution in [3.8, 4) is 0 Å². The first-order valence-corrected chi connectivity index (χ1v) is 4.84. The number of hydrogen-bond acceptors (Lipinski definition) is 1. The third-order valence-electron chi connectivity index (χ3n) is 2.09. The maximum absolute atomic E-state index is 5.08. The number of fused-ring (bicyclic) bond motifs is 2. The van der Waals surface area contributed by atoms with Crippen LogP contribution in [0.1, 0.15) is 5.56 Å². The molecule has 2 aromatic heterocycles. The average molecular weight is 196 g/mol. The number of rotatable bonds is 1. The van der Waals surface area contributed by atoms with E-state index in [-0.39, 0.29) is 0 Å². The number of furan rings is 2. The second-order valence-electron chi connectivity index (χ2n) is 3.19. The predicted octanol–water partition coefficient (Wildman–Crippen LogP) is 4.20. The predicted molar refractivity (Wildman–Crippen MR) is 63.9 cm³/mol. The van der Waals surface area contributed by atoms with Crippen LogP contribution < -0.4 is 0 Å². The Hall–Kier alpha value is -2.02. The number of benzene rings is 2. The molecule has 0 unspecified atom stereocenters. The highest BCUT2D eigenvalue weighted by atomic mass is 16.3. The molecule has 0 N–H and O–H groups in total. The van der Waals surface area contributed by atoms with Crippen molar-refractivity contribution in [2.75, 3.05) is 0 Å². The molecule has 0 fully saturated rings. The first-order valence-electron chi connectivity index (χ1n) is 4.84. The molecule has 0 aliphatic rings. The molecular formula is C14H12O. The Morgan fingerprint density at radius 2 is 1.33 bits per heavy atom. The van der Waals surface area contributed by atoms with Crippen LogP contribution in [-0.2, 0) is 0 Å². The molecule has 74 valence electrons. The fourth-order valence-corrected chi connectivity index (χ4v) is 1.30. The zero-order valence-corrected chi connectivity index (χ0v) is 8.39. The molecule has 1 heteroatoms. The Labute approximate surface area is 89.0 Å². The van der Waals surface area contributed by atoms with Crippen LogP contribution in [0.15, 0.2) is 65.6 Å². The molecule has 1 nitrogen and oxygen atoms in total. The van der Waals surface area contributed by atoms with Crippen LogP contribution in [0.4, 0.5) is 0 Å². The molecule has 0 saturated carbocycles. The van der Waals surface area contributed by atoms with E-state index in [2.05, 4.69) is 6.58 Å². The molecule has 0 aliphatic heterocycles. The highest BCUT2D eigenvalue weighted by molar-refractivity contribution is 5.59. The highest BCUT2D eigenvalue weighted by Crippen LogP contribution is 2.13. The Kier molecular flexibility index (Phi) is 2.84. The molecule has 0 aliphatic carbocycles. The van der Waals surface area contributed by atoms with Gasteiger partial charge in [0, 0.05) is 0 Å². The first kappa shape index (κ1) is 9.53. The van der Waals surface area contributed by atoms with Gasteiger partial charge < -0.3 is 4.42 Å². The highest BCUT2D eigenvalue weighted by Gasteiger charge is 1.91. The second kappa shape index (κ2) is 4.47. The lowest BCUT2D eigenvalue weighted by molar-refractivity contribution is 0.675. The minimum atomic E-state index is 0.968. The molecule has 3 aromatic rings. The molecule has 3 rings (SSSR count). The van der Waals surface area contributed by atoms with Gasteiger partial charge in [0.1, 0.15) is 11.2 Å². The topological polar surface area (TPSA) is 13.1 Å². The van der Waals surface area contributed by atoms with Crippen molar-refractivity contribution in [3.63, 3.8) is 0 Å². The summed E-state index contributed by atoms with van der Waals surface area (Å²) in [5, 5.41) is 0. The van der Waals surface area contributed by atoms with E-state index in [1.54, 1.807) is 0 Å². The smallest absolute Gasteiger partial charge is 0.127 e. The van der Waals surface area contributed by atoms with E-state index in [0.29, 0.717) is 0 Å². The van der Waals surface area contributed by atoms with Crippen LogP contribution in [0, 0.1) is 0 Å². The van der Waals surface area contributed by atoms with Crippen molar-refractivity contribution in [2.45, 2.75) is 0 Å². The van der Waals surface area contributed by atoms with Crippen molar-refractivity contribution >= 4 is 17.2 Å². The van der Waals surface area contributed by atoms with Crippen molar-refractivity contribution in [3.05, 3.63) is 66.7 Å². The van der Waals surface area contributed by atoms with Crippen LogP contribution in [0.5, 0.6) is 0 Å². The van der Waals surface area contributed by atoms with Crippen molar-refractivity contribution < 1.29 is 4.42 Å². The summed E-state index contributed by atoms with van der Waals surface area (Å²) in [6, 6.07) is 17.8. The van der Waals surface area contributed by atoms with Gasteiger partial charge in [0.2, 0.25) is 0 Å². The molecule has 0 spiro atoms.